The van der Waals surface area contributed by atoms with E-state index in [0.717, 1.165) is 19.0 Å². The van der Waals surface area contributed by atoms with Crippen LogP contribution >= 0.6 is 0 Å². The van der Waals surface area contributed by atoms with Gasteiger partial charge in [0.1, 0.15) is 0 Å². The zero-order valence-corrected chi connectivity index (χ0v) is 17.6. The van der Waals surface area contributed by atoms with Gasteiger partial charge in [-0.2, -0.15) is 0 Å². The van der Waals surface area contributed by atoms with E-state index < -0.39 is 0 Å². The van der Waals surface area contributed by atoms with Crippen LogP contribution < -0.4 is 5.32 Å². The number of hydrogen-bond donors (Lipinski definition) is 1. The quantitative estimate of drug-likeness (QED) is 0.650. The van der Waals surface area contributed by atoms with E-state index in [2.05, 4.69) is 74.3 Å². The summed E-state index contributed by atoms with van der Waals surface area (Å²) in [4.78, 5) is 2.59. The number of benzene rings is 1. The van der Waals surface area contributed by atoms with E-state index in [1.54, 1.807) is 0 Å². The van der Waals surface area contributed by atoms with Crippen LogP contribution in [0.1, 0.15) is 66.4 Å². The van der Waals surface area contributed by atoms with Crippen molar-refractivity contribution in [2.24, 2.45) is 5.92 Å². The number of nitrogens with zero attached hydrogens (tertiary/aromatic N) is 1. The minimum absolute atomic E-state index is 0.878. The average Bonchev–Trinajstić information content (AvgIpc) is 2.62. The van der Waals surface area contributed by atoms with Crippen molar-refractivity contribution < 1.29 is 0 Å². The third-order valence-corrected chi connectivity index (χ3v) is 3.96. The zero-order valence-electron chi connectivity index (χ0n) is 17.6. The van der Waals surface area contributed by atoms with Crippen LogP contribution in [0.15, 0.2) is 35.9 Å². The van der Waals surface area contributed by atoms with Crippen LogP contribution in [-0.2, 0) is 0 Å². The number of rotatable bonds is 6. The molecule has 0 bridgehead atoms. The Hall–Kier alpha value is -1.12. The fourth-order valence-corrected chi connectivity index (χ4v) is 2.90. The lowest BCUT2D eigenvalue weighted by atomic mass is 10.0. The lowest BCUT2D eigenvalue weighted by Crippen LogP contribution is -2.39. The molecule has 1 saturated heterocycles. The number of likely N-dealkylation sites (tertiary alicyclic amines) is 1. The fraction of sp³-hybridized carbons (Fsp3) is 0.652. The molecule has 0 spiro atoms. The van der Waals surface area contributed by atoms with Gasteiger partial charge in [-0.25, -0.2) is 0 Å². The van der Waals surface area contributed by atoms with Crippen LogP contribution in [0.25, 0.3) is 6.08 Å². The Morgan fingerprint density at radius 2 is 1.84 bits per heavy atom. The second-order valence-corrected chi connectivity index (χ2v) is 6.83. The highest BCUT2D eigenvalue weighted by atomic mass is 15.1. The van der Waals surface area contributed by atoms with Gasteiger partial charge in [-0.1, -0.05) is 83.0 Å². The van der Waals surface area contributed by atoms with Crippen LogP contribution in [0.3, 0.4) is 0 Å². The van der Waals surface area contributed by atoms with E-state index in [1.807, 2.05) is 13.8 Å². The summed E-state index contributed by atoms with van der Waals surface area (Å²) in [5.41, 5.74) is 2.68. The molecule has 2 heteroatoms. The highest BCUT2D eigenvalue weighted by Gasteiger charge is 2.15. The van der Waals surface area contributed by atoms with E-state index in [9.17, 15) is 0 Å². The summed E-state index contributed by atoms with van der Waals surface area (Å²) in [5, 5.41) is 3.56. The van der Waals surface area contributed by atoms with Gasteiger partial charge in [0.05, 0.1) is 0 Å². The summed E-state index contributed by atoms with van der Waals surface area (Å²) in [6, 6.07) is 10.5. The smallest absolute Gasteiger partial charge is 0.0165 e. The van der Waals surface area contributed by atoms with Gasteiger partial charge in [-0.15, -0.1) is 0 Å². The van der Waals surface area contributed by atoms with Crippen molar-refractivity contribution in [2.45, 2.75) is 60.8 Å². The third kappa shape index (κ3) is 12.8. The summed E-state index contributed by atoms with van der Waals surface area (Å²) in [5.74, 6) is 0.878. The zero-order chi connectivity index (χ0) is 18.9. The number of nitrogens with one attached hydrogen (secondary N) is 1. The molecule has 1 aliphatic rings. The van der Waals surface area contributed by atoms with Gasteiger partial charge >= 0.3 is 0 Å². The molecule has 0 aromatic heterocycles. The molecule has 25 heavy (non-hydrogen) atoms. The molecule has 2 nitrogen and oxygen atoms in total. The lowest BCUT2D eigenvalue weighted by Gasteiger charge is -2.30. The monoisotopic (exact) mass is 346 g/mol. The maximum atomic E-state index is 3.56. The average molecular weight is 347 g/mol. The first-order valence-corrected chi connectivity index (χ1v) is 10.3. The van der Waals surface area contributed by atoms with Crippen molar-refractivity contribution in [3.05, 3.63) is 41.5 Å². The number of hydrogen-bond acceptors (Lipinski definition) is 2. The van der Waals surface area contributed by atoms with Crippen molar-refractivity contribution in [3.8, 4) is 0 Å². The van der Waals surface area contributed by atoms with Crippen LogP contribution in [-0.4, -0.2) is 37.6 Å². The Labute approximate surface area is 157 Å². The van der Waals surface area contributed by atoms with Crippen molar-refractivity contribution in [1.29, 1.82) is 0 Å². The molecule has 0 amide bonds. The van der Waals surface area contributed by atoms with Crippen molar-refractivity contribution in [2.75, 3.05) is 32.7 Å². The van der Waals surface area contributed by atoms with Gasteiger partial charge in [-0.05, 0) is 37.8 Å². The molecule has 1 heterocycles. The molecule has 1 aromatic carbocycles. The van der Waals surface area contributed by atoms with E-state index in [4.69, 9.17) is 0 Å². The third-order valence-electron chi connectivity index (χ3n) is 3.96. The molecule has 0 aliphatic carbocycles. The highest BCUT2D eigenvalue weighted by molar-refractivity contribution is 5.52. The van der Waals surface area contributed by atoms with Gasteiger partial charge in [0.2, 0.25) is 0 Å². The SMILES string of the molecule is C/C(=C\c1ccccc1)CNCCN1CCCC(C)C1.CC.CCC. The summed E-state index contributed by atoms with van der Waals surface area (Å²) >= 11 is 0. The van der Waals surface area contributed by atoms with Crippen molar-refractivity contribution in [1.82, 2.24) is 10.2 Å². The Balaban J connectivity index is 0.00000104. The van der Waals surface area contributed by atoms with E-state index in [-0.39, 0.29) is 0 Å². The Morgan fingerprint density at radius 3 is 2.44 bits per heavy atom. The maximum Gasteiger partial charge on any atom is 0.0165 e. The molecule has 1 aromatic rings. The standard InChI is InChI=1S/C18H28N2.C3H8.C2H6/c1-16-7-6-11-20(15-16)12-10-19-14-17(2)13-18-8-4-3-5-9-18;1-3-2;1-2/h3-5,8-9,13,16,19H,6-7,10-12,14-15H2,1-2H3;3H2,1-2H3;1-2H3/b17-13+;;. The van der Waals surface area contributed by atoms with Crippen LogP contribution in [0.4, 0.5) is 0 Å². The molecule has 1 aliphatic heterocycles. The fourth-order valence-electron chi connectivity index (χ4n) is 2.90. The molecular formula is C23H42N2. The Kier molecular flexibility index (Phi) is 15.6. The highest BCUT2D eigenvalue weighted by Crippen LogP contribution is 2.14. The normalized spacial score (nSPS) is 17.8. The van der Waals surface area contributed by atoms with Crippen LogP contribution in [0.5, 0.6) is 0 Å². The first-order valence-electron chi connectivity index (χ1n) is 10.3. The molecular weight excluding hydrogens is 304 g/mol. The molecule has 1 unspecified atom stereocenters. The van der Waals surface area contributed by atoms with Crippen molar-refractivity contribution in [3.63, 3.8) is 0 Å². The minimum atomic E-state index is 0.878. The topological polar surface area (TPSA) is 15.3 Å². The first kappa shape index (κ1) is 23.9. The van der Waals surface area contributed by atoms with E-state index >= 15 is 0 Å². The molecule has 1 N–H and O–H groups in total. The van der Waals surface area contributed by atoms with Crippen molar-refractivity contribution >= 4 is 6.08 Å². The summed E-state index contributed by atoms with van der Waals surface area (Å²) < 4.78 is 0. The molecule has 1 atom stereocenters. The summed E-state index contributed by atoms with van der Waals surface area (Å²) in [6.45, 7) is 18.6. The molecule has 0 saturated carbocycles. The maximum absolute atomic E-state index is 3.56. The van der Waals surface area contributed by atoms with E-state index in [0.29, 0.717) is 0 Å². The molecule has 0 radical (unpaired) electrons. The lowest BCUT2D eigenvalue weighted by molar-refractivity contribution is 0.185. The van der Waals surface area contributed by atoms with Crippen LogP contribution in [0.2, 0.25) is 0 Å². The summed E-state index contributed by atoms with van der Waals surface area (Å²) in [7, 11) is 0. The van der Waals surface area contributed by atoms with Gasteiger partial charge in [0.15, 0.2) is 0 Å². The second kappa shape index (κ2) is 16.4. The van der Waals surface area contributed by atoms with Gasteiger partial charge in [0, 0.05) is 26.2 Å². The minimum Gasteiger partial charge on any atom is -0.312 e. The van der Waals surface area contributed by atoms with Gasteiger partial charge in [0.25, 0.3) is 0 Å². The molecule has 144 valence electrons. The summed E-state index contributed by atoms with van der Waals surface area (Å²) in [6.07, 6.45) is 6.28. The van der Waals surface area contributed by atoms with Gasteiger partial charge in [-0.3, -0.25) is 0 Å². The second-order valence-electron chi connectivity index (χ2n) is 6.83. The predicted molar refractivity (Wildman–Crippen MR) is 115 cm³/mol. The van der Waals surface area contributed by atoms with E-state index in [1.165, 1.54) is 50.0 Å². The Morgan fingerprint density at radius 1 is 1.20 bits per heavy atom. The number of piperidine rings is 1. The predicted octanol–water partition coefficient (Wildman–Crippen LogP) is 5.85. The largest absolute Gasteiger partial charge is 0.312 e. The van der Waals surface area contributed by atoms with Crippen LogP contribution in [0, 0.1) is 5.92 Å². The molecule has 2 rings (SSSR count). The Bertz CT molecular complexity index is 425. The molecule has 1 fully saturated rings. The first-order chi connectivity index (χ1) is 12.2. The van der Waals surface area contributed by atoms with Gasteiger partial charge < -0.3 is 10.2 Å².